The predicted octanol–water partition coefficient (Wildman–Crippen LogP) is 1.29. The van der Waals surface area contributed by atoms with Crippen LogP contribution in [0.15, 0.2) is 0 Å². The Kier molecular flexibility index (Phi) is 9.82. The lowest BCUT2D eigenvalue weighted by molar-refractivity contribution is -0.146. The van der Waals surface area contributed by atoms with Gasteiger partial charge in [0.15, 0.2) is 0 Å². The summed E-state index contributed by atoms with van der Waals surface area (Å²) < 4.78 is 10.2. The van der Waals surface area contributed by atoms with Crippen molar-refractivity contribution in [2.75, 3.05) is 53.0 Å². The van der Waals surface area contributed by atoms with Crippen LogP contribution in [0.1, 0.15) is 39.0 Å². The summed E-state index contributed by atoms with van der Waals surface area (Å²) in [7, 11) is 2.12. The van der Waals surface area contributed by atoms with Gasteiger partial charge in [0.1, 0.15) is 0 Å². The van der Waals surface area contributed by atoms with E-state index in [0.29, 0.717) is 26.1 Å². The largest absolute Gasteiger partial charge is 0.466 e. The number of nitrogens with zero attached hydrogens (tertiary/aromatic N) is 2. The molecule has 0 unspecified atom stereocenters. The van der Waals surface area contributed by atoms with Crippen LogP contribution in [0.25, 0.3) is 0 Å². The van der Waals surface area contributed by atoms with Crippen molar-refractivity contribution in [1.82, 2.24) is 9.80 Å². The van der Waals surface area contributed by atoms with Gasteiger partial charge in [-0.15, -0.1) is 0 Å². The maximum Gasteiger partial charge on any atom is 0.307 e. The van der Waals surface area contributed by atoms with Crippen LogP contribution in [0.3, 0.4) is 0 Å². The molecule has 1 aliphatic rings. The van der Waals surface area contributed by atoms with E-state index in [1.165, 1.54) is 0 Å². The van der Waals surface area contributed by atoms with Crippen molar-refractivity contribution < 1.29 is 19.1 Å². The molecule has 1 rings (SSSR count). The highest BCUT2D eigenvalue weighted by Crippen LogP contribution is 2.02. The van der Waals surface area contributed by atoms with Crippen LogP contribution in [0.2, 0.25) is 0 Å². The van der Waals surface area contributed by atoms with Gasteiger partial charge in [0.25, 0.3) is 0 Å². The summed E-state index contributed by atoms with van der Waals surface area (Å²) >= 11 is 0. The lowest BCUT2D eigenvalue weighted by Gasteiger charge is -2.31. The summed E-state index contributed by atoms with van der Waals surface area (Å²) in [6, 6.07) is 0. The molecule has 22 heavy (non-hydrogen) atoms. The fourth-order valence-electron chi connectivity index (χ4n) is 2.25. The van der Waals surface area contributed by atoms with E-state index < -0.39 is 0 Å². The molecule has 6 heteroatoms. The number of ether oxygens (including phenoxy) is 2. The zero-order valence-electron chi connectivity index (χ0n) is 14.0. The van der Waals surface area contributed by atoms with E-state index in [1.54, 1.807) is 0 Å². The first-order valence-corrected chi connectivity index (χ1v) is 8.34. The first-order chi connectivity index (χ1) is 10.6. The van der Waals surface area contributed by atoms with Crippen LogP contribution in [0, 0.1) is 0 Å². The SMILES string of the molecule is CCCC(=O)OCCCCOC(=O)CCN1CCN(C)CC1. The molecule has 1 aliphatic heterocycles. The smallest absolute Gasteiger partial charge is 0.307 e. The van der Waals surface area contributed by atoms with Gasteiger partial charge in [0.05, 0.1) is 19.6 Å². The van der Waals surface area contributed by atoms with Crippen LogP contribution in [-0.4, -0.2) is 74.7 Å². The van der Waals surface area contributed by atoms with E-state index >= 15 is 0 Å². The highest BCUT2D eigenvalue weighted by molar-refractivity contribution is 5.69. The molecule has 0 aromatic carbocycles. The molecule has 0 aliphatic carbocycles. The summed E-state index contributed by atoms with van der Waals surface area (Å²) in [4.78, 5) is 27.3. The van der Waals surface area contributed by atoms with Gasteiger partial charge in [0.2, 0.25) is 0 Å². The fourth-order valence-corrected chi connectivity index (χ4v) is 2.25. The fraction of sp³-hybridized carbons (Fsp3) is 0.875. The third-order valence-electron chi connectivity index (χ3n) is 3.75. The van der Waals surface area contributed by atoms with Gasteiger partial charge in [0, 0.05) is 39.1 Å². The van der Waals surface area contributed by atoms with Gasteiger partial charge in [-0.05, 0) is 26.3 Å². The number of likely N-dealkylation sites (N-methyl/N-ethyl adjacent to an activating group) is 1. The minimum atomic E-state index is -0.147. The van der Waals surface area contributed by atoms with Crippen molar-refractivity contribution in [2.45, 2.75) is 39.0 Å². The standard InChI is InChI=1S/C16H30N2O4/c1-3-6-15(19)21-13-4-5-14-22-16(20)7-8-18-11-9-17(2)10-12-18/h3-14H2,1-2H3. The third kappa shape index (κ3) is 9.00. The molecule has 0 aromatic heterocycles. The summed E-state index contributed by atoms with van der Waals surface area (Å²) in [5.74, 6) is -0.284. The Hall–Kier alpha value is -1.14. The molecule has 1 fully saturated rings. The normalized spacial score (nSPS) is 16.5. The van der Waals surface area contributed by atoms with Crippen LogP contribution >= 0.6 is 0 Å². The Balaban J connectivity index is 1.92. The predicted molar refractivity (Wildman–Crippen MR) is 84.6 cm³/mol. The first-order valence-electron chi connectivity index (χ1n) is 8.34. The molecule has 0 spiro atoms. The molecule has 6 nitrogen and oxygen atoms in total. The Morgan fingerprint density at radius 2 is 1.45 bits per heavy atom. The highest BCUT2D eigenvalue weighted by Gasteiger charge is 2.14. The van der Waals surface area contributed by atoms with Gasteiger partial charge in [-0.25, -0.2) is 0 Å². The van der Waals surface area contributed by atoms with E-state index in [-0.39, 0.29) is 11.9 Å². The molecule has 0 N–H and O–H groups in total. The average Bonchev–Trinajstić information content (AvgIpc) is 2.50. The van der Waals surface area contributed by atoms with Gasteiger partial charge in [-0.3, -0.25) is 9.59 Å². The van der Waals surface area contributed by atoms with E-state index in [2.05, 4.69) is 16.8 Å². The second-order valence-corrected chi connectivity index (χ2v) is 5.79. The van der Waals surface area contributed by atoms with Crippen LogP contribution < -0.4 is 0 Å². The summed E-state index contributed by atoms with van der Waals surface area (Å²) in [6.45, 7) is 7.71. The molecule has 0 atom stereocenters. The molecule has 0 aromatic rings. The quantitative estimate of drug-likeness (QED) is 0.447. The topological polar surface area (TPSA) is 59.1 Å². The Bertz CT molecular complexity index is 328. The van der Waals surface area contributed by atoms with Gasteiger partial charge in [-0.2, -0.15) is 0 Å². The molecule has 0 radical (unpaired) electrons. The zero-order valence-corrected chi connectivity index (χ0v) is 14.0. The van der Waals surface area contributed by atoms with E-state index in [1.807, 2.05) is 6.92 Å². The second-order valence-electron chi connectivity index (χ2n) is 5.79. The number of esters is 2. The molecule has 1 heterocycles. The van der Waals surface area contributed by atoms with Gasteiger partial charge >= 0.3 is 11.9 Å². The molecule has 128 valence electrons. The summed E-state index contributed by atoms with van der Waals surface area (Å²) in [5, 5.41) is 0. The monoisotopic (exact) mass is 314 g/mol. The van der Waals surface area contributed by atoms with Crippen molar-refractivity contribution in [3.63, 3.8) is 0 Å². The van der Waals surface area contributed by atoms with Crippen LogP contribution in [0.5, 0.6) is 0 Å². The molecule has 0 saturated carbocycles. The molecular weight excluding hydrogens is 284 g/mol. The number of unbranched alkanes of at least 4 members (excludes halogenated alkanes) is 1. The second kappa shape index (κ2) is 11.4. The summed E-state index contributed by atoms with van der Waals surface area (Å²) in [5.41, 5.74) is 0. The van der Waals surface area contributed by atoms with Crippen molar-refractivity contribution in [2.24, 2.45) is 0 Å². The lowest BCUT2D eigenvalue weighted by atomic mass is 10.3. The minimum Gasteiger partial charge on any atom is -0.466 e. The van der Waals surface area contributed by atoms with E-state index in [9.17, 15) is 9.59 Å². The van der Waals surface area contributed by atoms with Crippen molar-refractivity contribution in [1.29, 1.82) is 0 Å². The lowest BCUT2D eigenvalue weighted by Crippen LogP contribution is -2.45. The number of rotatable bonds is 10. The number of hydrogen-bond acceptors (Lipinski definition) is 6. The molecule has 0 bridgehead atoms. The first kappa shape index (κ1) is 18.9. The average molecular weight is 314 g/mol. The Morgan fingerprint density at radius 1 is 0.909 bits per heavy atom. The number of carbonyl (C=O) groups is 2. The molecule has 0 amide bonds. The van der Waals surface area contributed by atoms with Gasteiger partial charge < -0.3 is 19.3 Å². The molecular formula is C16H30N2O4. The zero-order chi connectivity index (χ0) is 16.2. The Labute approximate surface area is 133 Å². The number of piperazine rings is 1. The Morgan fingerprint density at radius 3 is 2.00 bits per heavy atom. The minimum absolute atomic E-state index is 0.137. The summed E-state index contributed by atoms with van der Waals surface area (Å²) in [6.07, 6.45) is 3.21. The van der Waals surface area contributed by atoms with Gasteiger partial charge in [-0.1, -0.05) is 6.92 Å². The van der Waals surface area contributed by atoms with Crippen LogP contribution in [0.4, 0.5) is 0 Å². The highest BCUT2D eigenvalue weighted by atomic mass is 16.5. The molecule has 1 saturated heterocycles. The van der Waals surface area contributed by atoms with Crippen molar-refractivity contribution >= 4 is 11.9 Å². The van der Waals surface area contributed by atoms with Crippen molar-refractivity contribution in [3.8, 4) is 0 Å². The maximum atomic E-state index is 11.6. The van der Waals surface area contributed by atoms with E-state index in [0.717, 1.165) is 52.0 Å². The third-order valence-corrected chi connectivity index (χ3v) is 3.75. The van der Waals surface area contributed by atoms with E-state index in [4.69, 9.17) is 9.47 Å². The number of carbonyl (C=O) groups excluding carboxylic acids is 2. The van der Waals surface area contributed by atoms with Crippen LogP contribution in [-0.2, 0) is 19.1 Å². The number of hydrogen-bond donors (Lipinski definition) is 0. The maximum absolute atomic E-state index is 11.6. The van der Waals surface area contributed by atoms with Crippen molar-refractivity contribution in [3.05, 3.63) is 0 Å².